The van der Waals surface area contributed by atoms with Gasteiger partial charge in [-0.05, 0) is 43.7 Å². The van der Waals surface area contributed by atoms with Gasteiger partial charge in [0.1, 0.15) is 0 Å². The number of nitrogens with one attached hydrogen (secondary N) is 1. The number of fused-ring (bicyclic) bond motifs is 1. The largest absolute Gasteiger partial charge is 0.370 e. The van der Waals surface area contributed by atoms with Gasteiger partial charge in [0.15, 0.2) is 0 Å². The number of hydrogen-bond acceptors (Lipinski definition) is 3. The van der Waals surface area contributed by atoms with Gasteiger partial charge in [-0.15, -0.1) is 0 Å². The van der Waals surface area contributed by atoms with Gasteiger partial charge in [0.2, 0.25) is 5.91 Å². The standard InChI is InChI=1S/C19H28N4O2/c1-14-11-16-6-2-3-7-17(16)23(14)10-8-21-19(25)22-9-4-5-15(13-22)12-18(20)24/h2-3,6-7,14-15H,4-5,8-13H2,1H3,(H2,20,24)(H,21,25)/t14-,15-/m1/s1. The Labute approximate surface area is 149 Å². The Hall–Kier alpha value is -2.24. The smallest absolute Gasteiger partial charge is 0.317 e. The van der Waals surface area contributed by atoms with Crippen LogP contribution in [-0.4, -0.2) is 49.1 Å². The zero-order valence-corrected chi connectivity index (χ0v) is 14.9. The van der Waals surface area contributed by atoms with Crippen molar-refractivity contribution in [3.63, 3.8) is 0 Å². The summed E-state index contributed by atoms with van der Waals surface area (Å²) in [4.78, 5) is 27.7. The third-order valence-corrected chi connectivity index (χ3v) is 5.27. The van der Waals surface area contributed by atoms with Crippen molar-refractivity contribution in [2.45, 2.75) is 38.6 Å². The third-order valence-electron chi connectivity index (χ3n) is 5.27. The number of amides is 3. The van der Waals surface area contributed by atoms with E-state index < -0.39 is 0 Å². The van der Waals surface area contributed by atoms with Crippen molar-refractivity contribution in [1.82, 2.24) is 10.2 Å². The molecule has 1 saturated heterocycles. The van der Waals surface area contributed by atoms with Crippen molar-refractivity contribution < 1.29 is 9.59 Å². The molecule has 6 nitrogen and oxygen atoms in total. The Bertz CT molecular complexity index is 634. The fraction of sp³-hybridized carbons (Fsp3) is 0.579. The molecule has 136 valence electrons. The summed E-state index contributed by atoms with van der Waals surface area (Å²) in [6.45, 7) is 5.03. The maximum absolute atomic E-state index is 12.4. The topological polar surface area (TPSA) is 78.7 Å². The van der Waals surface area contributed by atoms with Crippen LogP contribution in [0.1, 0.15) is 31.7 Å². The zero-order chi connectivity index (χ0) is 17.8. The van der Waals surface area contributed by atoms with Crippen LogP contribution in [0.25, 0.3) is 0 Å². The average molecular weight is 344 g/mol. The van der Waals surface area contributed by atoms with Crippen molar-refractivity contribution in [3.05, 3.63) is 29.8 Å². The van der Waals surface area contributed by atoms with Gasteiger partial charge in [-0.1, -0.05) is 18.2 Å². The van der Waals surface area contributed by atoms with E-state index in [9.17, 15) is 9.59 Å². The summed E-state index contributed by atoms with van der Waals surface area (Å²) >= 11 is 0. The first-order chi connectivity index (χ1) is 12.0. The highest BCUT2D eigenvalue weighted by Gasteiger charge is 2.27. The molecule has 0 aliphatic carbocycles. The molecule has 0 unspecified atom stereocenters. The Morgan fingerprint density at radius 3 is 2.92 bits per heavy atom. The Balaban J connectivity index is 1.47. The van der Waals surface area contributed by atoms with E-state index in [-0.39, 0.29) is 17.9 Å². The number of anilines is 1. The zero-order valence-electron chi connectivity index (χ0n) is 14.9. The molecular formula is C19H28N4O2. The highest BCUT2D eigenvalue weighted by molar-refractivity contribution is 5.75. The van der Waals surface area contributed by atoms with Crippen molar-refractivity contribution >= 4 is 17.6 Å². The lowest BCUT2D eigenvalue weighted by Gasteiger charge is -2.32. The lowest BCUT2D eigenvalue weighted by atomic mass is 9.95. The van der Waals surface area contributed by atoms with Crippen LogP contribution in [0.15, 0.2) is 24.3 Å². The molecule has 0 radical (unpaired) electrons. The number of rotatable bonds is 5. The SMILES string of the molecule is C[C@@H]1Cc2ccccc2N1CCNC(=O)N1CCC[C@H](CC(N)=O)C1. The number of likely N-dealkylation sites (tertiary alicyclic amines) is 1. The molecule has 3 amide bonds. The molecule has 0 spiro atoms. The maximum Gasteiger partial charge on any atom is 0.317 e. The summed E-state index contributed by atoms with van der Waals surface area (Å²) in [6.07, 6.45) is 3.33. The minimum absolute atomic E-state index is 0.0331. The summed E-state index contributed by atoms with van der Waals surface area (Å²) in [5.41, 5.74) is 7.95. The molecule has 1 fully saturated rings. The first-order valence-corrected chi connectivity index (χ1v) is 9.20. The summed E-state index contributed by atoms with van der Waals surface area (Å²) < 4.78 is 0. The molecule has 0 bridgehead atoms. The van der Waals surface area contributed by atoms with Gasteiger partial charge in [-0.25, -0.2) is 4.79 Å². The highest BCUT2D eigenvalue weighted by atomic mass is 16.2. The second-order valence-corrected chi connectivity index (χ2v) is 7.23. The molecule has 3 N–H and O–H groups in total. The number of hydrogen-bond donors (Lipinski definition) is 2. The Morgan fingerprint density at radius 1 is 1.32 bits per heavy atom. The Morgan fingerprint density at radius 2 is 2.12 bits per heavy atom. The van der Waals surface area contributed by atoms with Gasteiger partial charge in [0.05, 0.1) is 0 Å². The van der Waals surface area contributed by atoms with Gasteiger partial charge in [0, 0.05) is 44.3 Å². The lowest BCUT2D eigenvalue weighted by molar-refractivity contribution is -0.119. The van der Waals surface area contributed by atoms with Crippen LogP contribution in [0.5, 0.6) is 0 Å². The highest BCUT2D eigenvalue weighted by Crippen LogP contribution is 2.31. The third kappa shape index (κ3) is 4.24. The van der Waals surface area contributed by atoms with E-state index in [4.69, 9.17) is 5.73 Å². The molecule has 6 heteroatoms. The molecule has 2 atom stereocenters. The van der Waals surface area contributed by atoms with E-state index in [2.05, 4.69) is 41.4 Å². The van der Waals surface area contributed by atoms with Crippen LogP contribution in [0, 0.1) is 5.92 Å². The average Bonchev–Trinajstić information content (AvgIpc) is 2.90. The fourth-order valence-corrected chi connectivity index (χ4v) is 4.07. The van der Waals surface area contributed by atoms with Crippen LogP contribution in [0.4, 0.5) is 10.5 Å². The summed E-state index contributed by atoms with van der Waals surface area (Å²) in [7, 11) is 0. The van der Waals surface area contributed by atoms with Gasteiger partial charge in [-0.3, -0.25) is 4.79 Å². The van der Waals surface area contributed by atoms with Crippen molar-refractivity contribution in [3.8, 4) is 0 Å². The molecule has 0 saturated carbocycles. The minimum Gasteiger partial charge on any atom is -0.370 e. The monoisotopic (exact) mass is 344 g/mol. The van der Waals surface area contributed by atoms with E-state index in [0.29, 0.717) is 25.6 Å². The van der Waals surface area contributed by atoms with Crippen LogP contribution in [0.3, 0.4) is 0 Å². The number of nitrogens with two attached hydrogens (primary N) is 1. The van der Waals surface area contributed by atoms with Crippen molar-refractivity contribution in [2.24, 2.45) is 11.7 Å². The predicted octanol–water partition coefficient (Wildman–Crippen LogP) is 1.73. The molecule has 25 heavy (non-hydrogen) atoms. The molecular weight excluding hydrogens is 316 g/mol. The summed E-state index contributed by atoms with van der Waals surface area (Å²) in [5.74, 6) is -0.0866. The molecule has 1 aromatic rings. The number of benzene rings is 1. The van der Waals surface area contributed by atoms with Gasteiger partial charge in [0.25, 0.3) is 0 Å². The van der Waals surface area contributed by atoms with Gasteiger partial charge < -0.3 is 20.9 Å². The molecule has 2 aliphatic heterocycles. The summed E-state index contributed by atoms with van der Waals surface area (Å²) in [6, 6.07) is 8.90. The minimum atomic E-state index is -0.283. The second-order valence-electron chi connectivity index (χ2n) is 7.23. The van der Waals surface area contributed by atoms with E-state index in [1.165, 1.54) is 11.3 Å². The van der Waals surface area contributed by atoms with Crippen molar-refractivity contribution in [2.75, 3.05) is 31.1 Å². The van der Waals surface area contributed by atoms with Crippen molar-refractivity contribution in [1.29, 1.82) is 0 Å². The quantitative estimate of drug-likeness (QED) is 0.854. The van der Waals surface area contributed by atoms with Crippen LogP contribution >= 0.6 is 0 Å². The number of carbonyl (C=O) groups excluding carboxylic acids is 2. The molecule has 2 heterocycles. The number of piperidine rings is 1. The van der Waals surface area contributed by atoms with Crippen LogP contribution < -0.4 is 16.0 Å². The van der Waals surface area contributed by atoms with Crippen LogP contribution in [-0.2, 0) is 11.2 Å². The molecule has 2 aliphatic rings. The first-order valence-electron chi connectivity index (χ1n) is 9.20. The second kappa shape index (κ2) is 7.76. The fourth-order valence-electron chi connectivity index (χ4n) is 4.07. The number of carbonyl (C=O) groups is 2. The normalized spacial score (nSPS) is 22.6. The Kier molecular flexibility index (Phi) is 5.46. The lowest BCUT2D eigenvalue weighted by Crippen LogP contribution is -2.48. The maximum atomic E-state index is 12.4. The van der Waals surface area contributed by atoms with E-state index in [1.54, 1.807) is 0 Å². The van der Waals surface area contributed by atoms with Crippen LogP contribution in [0.2, 0.25) is 0 Å². The number of urea groups is 1. The van der Waals surface area contributed by atoms with E-state index in [1.807, 2.05) is 4.90 Å². The van der Waals surface area contributed by atoms with E-state index in [0.717, 1.165) is 32.4 Å². The number of primary amides is 1. The van der Waals surface area contributed by atoms with E-state index >= 15 is 0 Å². The number of nitrogens with zero attached hydrogens (tertiary/aromatic N) is 2. The van der Waals surface area contributed by atoms with Gasteiger partial charge >= 0.3 is 6.03 Å². The number of para-hydroxylation sites is 1. The molecule has 3 rings (SSSR count). The van der Waals surface area contributed by atoms with Gasteiger partial charge in [-0.2, -0.15) is 0 Å². The summed E-state index contributed by atoms with van der Waals surface area (Å²) in [5, 5.41) is 3.03. The molecule has 0 aromatic heterocycles. The first kappa shape index (κ1) is 17.6. The molecule has 1 aromatic carbocycles. The predicted molar refractivity (Wildman–Crippen MR) is 98.5 cm³/mol.